The van der Waals surface area contributed by atoms with Gasteiger partial charge in [-0.25, -0.2) is 13.6 Å². The molecule has 0 bridgehead atoms. The Bertz CT molecular complexity index is 610. The van der Waals surface area contributed by atoms with Crippen molar-refractivity contribution in [3.05, 3.63) is 33.9 Å². The first-order chi connectivity index (χ1) is 9.00. The van der Waals surface area contributed by atoms with E-state index in [0.717, 1.165) is 5.56 Å². The summed E-state index contributed by atoms with van der Waals surface area (Å²) in [6.45, 7) is 5.24. The molecule has 8 heteroatoms. The van der Waals surface area contributed by atoms with Crippen molar-refractivity contribution in [2.24, 2.45) is 10.6 Å². The number of nitrogens with zero attached hydrogens (tertiary/aromatic N) is 1. The minimum atomic E-state index is -3.61. The predicted molar refractivity (Wildman–Crippen MR) is 75.1 cm³/mol. The highest BCUT2D eigenvalue weighted by atomic mass is 32.2. The second kappa shape index (κ2) is 5.76. The van der Waals surface area contributed by atoms with Crippen LogP contribution in [0.5, 0.6) is 5.75 Å². The third kappa shape index (κ3) is 5.14. The summed E-state index contributed by atoms with van der Waals surface area (Å²) in [5.41, 5.74) is -0.0261. The lowest BCUT2D eigenvalue weighted by molar-refractivity contribution is -0.385. The van der Waals surface area contributed by atoms with Crippen LogP contribution in [0.1, 0.15) is 19.4 Å². The van der Waals surface area contributed by atoms with Gasteiger partial charge in [0.2, 0.25) is 10.0 Å². The quantitative estimate of drug-likeness (QED) is 0.633. The number of ether oxygens (including phenoxy) is 1. The Balaban J connectivity index is 2.84. The van der Waals surface area contributed by atoms with Crippen LogP contribution in [0.15, 0.2) is 18.2 Å². The standard InChI is InChI=1S/C12H18N2O5S/c1-9-4-5-10(14(15)16)6-11(9)19-7-12(2,3)8-20(13,17)18/h4-6H,7-8H2,1-3H3,(H2,13,17,18). The molecule has 20 heavy (non-hydrogen) atoms. The Kier molecular flexibility index (Phi) is 4.72. The number of hydrogen-bond acceptors (Lipinski definition) is 5. The molecule has 0 amide bonds. The molecule has 7 nitrogen and oxygen atoms in total. The van der Waals surface area contributed by atoms with Crippen LogP contribution >= 0.6 is 0 Å². The lowest BCUT2D eigenvalue weighted by atomic mass is 9.98. The number of primary sulfonamides is 1. The number of sulfonamides is 1. The molecule has 0 aromatic heterocycles. The van der Waals surface area contributed by atoms with Crippen LogP contribution in [0.3, 0.4) is 0 Å². The van der Waals surface area contributed by atoms with Gasteiger partial charge in [0, 0.05) is 11.5 Å². The highest BCUT2D eigenvalue weighted by Gasteiger charge is 2.25. The van der Waals surface area contributed by atoms with E-state index in [1.165, 1.54) is 12.1 Å². The number of nitrogens with two attached hydrogens (primary N) is 1. The molecule has 0 atom stereocenters. The molecule has 0 aliphatic rings. The maximum atomic E-state index is 11.1. The summed E-state index contributed by atoms with van der Waals surface area (Å²) in [5, 5.41) is 15.7. The predicted octanol–water partition coefficient (Wildman–Crippen LogP) is 1.60. The van der Waals surface area contributed by atoms with Crippen molar-refractivity contribution in [3.8, 4) is 5.75 Å². The Labute approximate surface area is 117 Å². The second-order valence-electron chi connectivity index (χ2n) is 5.47. The molecular formula is C12H18N2O5S. The summed E-state index contributed by atoms with van der Waals surface area (Å²) in [4.78, 5) is 10.2. The first-order valence-electron chi connectivity index (χ1n) is 5.88. The molecule has 0 aliphatic carbocycles. The van der Waals surface area contributed by atoms with Gasteiger partial charge in [0.05, 0.1) is 23.3 Å². The van der Waals surface area contributed by atoms with Crippen LogP contribution in [-0.2, 0) is 10.0 Å². The molecule has 1 aromatic carbocycles. The van der Waals surface area contributed by atoms with Crippen molar-refractivity contribution in [3.63, 3.8) is 0 Å². The van der Waals surface area contributed by atoms with Gasteiger partial charge < -0.3 is 4.74 Å². The average Bonchev–Trinajstić information content (AvgIpc) is 2.24. The van der Waals surface area contributed by atoms with Crippen LogP contribution in [-0.4, -0.2) is 25.7 Å². The van der Waals surface area contributed by atoms with Crippen molar-refractivity contribution in [1.29, 1.82) is 0 Å². The van der Waals surface area contributed by atoms with Gasteiger partial charge in [0.25, 0.3) is 5.69 Å². The summed E-state index contributed by atoms with van der Waals surface area (Å²) in [6.07, 6.45) is 0. The maximum Gasteiger partial charge on any atom is 0.273 e. The topological polar surface area (TPSA) is 113 Å². The molecule has 1 aromatic rings. The van der Waals surface area contributed by atoms with E-state index >= 15 is 0 Å². The molecule has 0 aliphatic heterocycles. The van der Waals surface area contributed by atoms with Crippen molar-refractivity contribution in [2.45, 2.75) is 20.8 Å². The number of hydrogen-bond donors (Lipinski definition) is 1. The average molecular weight is 302 g/mol. The fraction of sp³-hybridized carbons (Fsp3) is 0.500. The molecule has 0 saturated heterocycles. The molecule has 0 fully saturated rings. The molecular weight excluding hydrogens is 284 g/mol. The first kappa shape index (κ1) is 16.4. The Hall–Kier alpha value is -1.67. The fourth-order valence-electron chi connectivity index (χ4n) is 1.72. The number of nitro benzene ring substituents is 1. The van der Waals surface area contributed by atoms with Crippen molar-refractivity contribution in [2.75, 3.05) is 12.4 Å². The second-order valence-corrected chi connectivity index (χ2v) is 7.08. The summed E-state index contributed by atoms with van der Waals surface area (Å²) < 4.78 is 27.7. The van der Waals surface area contributed by atoms with E-state index in [2.05, 4.69) is 0 Å². The highest BCUT2D eigenvalue weighted by molar-refractivity contribution is 7.89. The molecule has 2 N–H and O–H groups in total. The normalized spacial score (nSPS) is 12.2. The summed E-state index contributed by atoms with van der Waals surface area (Å²) in [7, 11) is -3.61. The van der Waals surface area contributed by atoms with Crippen molar-refractivity contribution >= 4 is 15.7 Å². The molecule has 112 valence electrons. The highest BCUT2D eigenvalue weighted by Crippen LogP contribution is 2.26. The fourth-order valence-corrected chi connectivity index (χ4v) is 2.89. The largest absolute Gasteiger partial charge is 0.492 e. The van der Waals surface area contributed by atoms with Crippen LogP contribution in [0.4, 0.5) is 5.69 Å². The van der Waals surface area contributed by atoms with Crippen molar-refractivity contribution in [1.82, 2.24) is 0 Å². The number of rotatable bonds is 6. The molecule has 0 saturated carbocycles. The van der Waals surface area contributed by atoms with Gasteiger partial charge in [-0.3, -0.25) is 10.1 Å². The van der Waals surface area contributed by atoms with Gasteiger partial charge in [0.1, 0.15) is 5.75 Å². The number of nitro groups is 1. The van der Waals surface area contributed by atoms with Gasteiger partial charge in [-0.2, -0.15) is 0 Å². The number of non-ortho nitro benzene ring substituents is 1. The van der Waals surface area contributed by atoms with E-state index in [4.69, 9.17) is 9.88 Å². The zero-order valence-corrected chi connectivity index (χ0v) is 12.4. The van der Waals surface area contributed by atoms with Crippen LogP contribution in [0.2, 0.25) is 0 Å². The van der Waals surface area contributed by atoms with E-state index in [-0.39, 0.29) is 18.0 Å². The van der Waals surface area contributed by atoms with Gasteiger partial charge in [0.15, 0.2) is 0 Å². The first-order valence-corrected chi connectivity index (χ1v) is 7.60. The Morgan fingerprint density at radius 1 is 1.40 bits per heavy atom. The zero-order chi connectivity index (χ0) is 15.6. The number of aryl methyl sites for hydroxylation is 1. The lowest BCUT2D eigenvalue weighted by Crippen LogP contribution is -2.33. The molecule has 1 rings (SSSR count). The van der Waals surface area contributed by atoms with Crippen LogP contribution < -0.4 is 9.88 Å². The smallest absolute Gasteiger partial charge is 0.273 e. The van der Waals surface area contributed by atoms with E-state index in [1.54, 1.807) is 26.8 Å². The van der Waals surface area contributed by atoms with Gasteiger partial charge in [-0.15, -0.1) is 0 Å². The third-order valence-corrected chi connectivity index (χ3v) is 3.78. The van der Waals surface area contributed by atoms with Crippen molar-refractivity contribution < 1.29 is 18.1 Å². The Morgan fingerprint density at radius 3 is 2.50 bits per heavy atom. The van der Waals surface area contributed by atoms with E-state index in [0.29, 0.717) is 5.75 Å². The summed E-state index contributed by atoms with van der Waals surface area (Å²) in [5.74, 6) is 0.134. The van der Waals surface area contributed by atoms with Gasteiger partial charge in [-0.1, -0.05) is 13.8 Å². The minimum absolute atomic E-state index is 0.0742. The van der Waals surface area contributed by atoms with E-state index in [9.17, 15) is 18.5 Å². The van der Waals surface area contributed by atoms with Crippen LogP contribution in [0.25, 0.3) is 0 Å². The maximum absolute atomic E-state index is 11.1. The monoisotopic (exact) mass is 302 g/mol. The Morgan fingerprint density at radius 2 is 2.00 bits per heavy atom. The summed E-state index contributed by atoms with van der Waals surface area (Å²) >= 11 is 0. The molecule has 0 radical (unpaired) electrons. The molecule has 0 spiro atoms. The molecule has 0 unspecified atom stereocenters. The van der Waals surface area contributed by atoms with E-state index < -0.39 is 20.4 Å². The summed E-state index contributed by atoms with van der Waals surface area (Å²) in [6, 6.07) is 4.29. The van der Waals surface area contributed by atoms with Crippen LogP contribution in [0, 0.1) is 22.5 Å². The minimum Gasteiger partial charge on any atom is -0.492 e. The SMILES string of the molecule is Cc1ccc([N+](=O)[O-])cc1OCC(C)(C)CS(N)(=O)=O. The van der Waals surface area contributed by atoms with E-state index in [1.807, 2.05) is 0 Å². The zero-order valence-electron chi connectivity index (χ0n) is 11.6. The van der Waals surface area contributed by atoms with Gasteiger partial charge >= 0.3 is 0 Å². The third-order valence-electron chi connectivity index (χ3n) is 2.59. The lowest BCUT2D eigenvalue weighted by Gasteiger charge is -2.23. The van der Waals surface area contributed by atoms with Gasteiger partial charge in [-0.05, 0) is 18.6 Å². The molecule has 0 heterocycles. The number of benzene rings is 1.